The van der Waals surface area contributed by atoms with E-state index in [1.807, 2.05) is 6.92 Å². The molecule has 0 heterocycles. The fraction of sp³-hybridized carbons (Fsp3) is 0.500. The van der Waals surface area contributed by atoms with Crippen LogP contribution in [0, 0.1) is 15.5 Å². The molecule has 2 aromatic carbocycles. The van der Waals surface area contributed by atoms with Crippen LogP contribution in [-0.2, 0) is 21.1 Å². The topological polar surface area (TPSA) is 104 Å². The number of ether oxygens (including phenoxy) is 1. The van der Waals surface area contributed by atoms with Gasteiger partial charge < -0.3 is 9.53 Å². The van der Waals surface area contributed by atoms with Crippen LogP contribution in [0.4, 0.5) is 5.69 Å². The number of sulfone groups is 1. The number of aldehydes is 1. The van der Waals surface area contributed by atoms with Crippen LogP contribution in [0.15, 0.2) is 47.4 Å². The summed E-state index contributed by atoms with van der Waals surface area (Å²) in [7, 11) is -2.30. The molecular formula is C26H37NO6S. The number of unbranched alkanes of at least 4 members (excludes halogenated alkanes) is 2. The summed E-state index contributed by atoms with van der Waals surface area (Å²) in [6.07, 6.45) is 5.60. The van der Waals surface area contributed by atoms with Crippen molar-refractivity contribution < 1.29 is 22.9 Å². The summed E-state index contributed by atoms with van der Waals surface area (Å²) in [5.74, 6) is 0.319. The van der Waals surface area contributed by atoms with Gasteiger partial charge in [-0.3, -0.25) is 10.1 Å². The van der Waals surface area contributed by atoms with Gasteiger partial charge in [0.1, 0.15) is 12.0 Å². The normalized spacial score (nSPS) is 12.7. The number of hydrogen-bond donors (Lipinski definition) is 0. The van der Waals surface area contributed by atoms with Crippen molar-refractivity contribution >= 4 is 21.8 Å². The molecule has 0 saturated carbocycles. The summed E-state index contributed by atoms with van der Waals surface area (Å²) in [5.41, 5.74) is -0.0647. The van der Waals surface area contributed by atoms with Gasteiger partial charge in [-0.1, -0.05) is 65.5 Å². The van der Waals surface area contributed by atoms with E-state index in [1.165, 1.54) is 31.0 Å². The number of non-ortho nitro benzene ring substituents is 1. The van der Waals surface area contributed by atoms with E-state index >= 15 is 0 Å². The third-order valence-electron chi connectivity index (χ3n) is 5.55. The van der Waals surface area contributed by atoms with Gasteiger partial charge in [-0.15, -0.1) is 0 Å². The van der Waals surface area contributed by atoms with E-state index in [0.29, 0.717) is 24.0 Å². The third-order valence-corrected chi connectivity index (χ3v) is 7.66. The molecule has 0 spiro atoms. The summed E-state index contributed by atoms with van der Waals surface area (Å²) in [5, 5.41) is 11.2. The average molecular weight is 492 g/mol. The highest BCUT2D eigenvalue weighted by molar-refractivity contribution is 7.91. The van der Waals surface area contributed by atoms with Crippen LogP contribution >= 0.6 is 0 Å². The molecule has 7 nitrogen and oxygen atoms in total. The highest BCUT2D eigenvalue weighted by atomic mass is 32.2. The first-order valence-electron chi connectivity index (χ1n) is 11.6. The molecule has 0 amide bonds. The minimum absolute atomic E-state index is 0.0218. The van der Waals surface area contributed by atoms with Gasteiger partial charge in [-0.25, -0.2) is 8.42 Å². The molecule has 0 bridgehead atoms. The van der Waals surface area contributed by atoms with E-state index in [-0.39, 0.29) is 22.8 Å². The second kappa shape index (κ2) is 13.8. The predicted octanol–water partition coefficient (Wildman–Crippen LogP) is 6.17. The number of carbonyl (C=O) groups excluding carboxylic acids is 1. The Balaban J connectivity index is 0.00000133. The largest absolute Gasteiger partial charge is 0.497 e. The summed E-state index contributed by atoms with van der Waals surface area (Å²) in [4.78, 5) is 22.4. The van der Waals surface area contributed by atoms with Gasteiger partial charge in [0.2, 0.25) is 0 Å². The van der Waals surface area contributed by atoms with Crippen molar-refractivity contribution in [3.05, 3.63) is 63.7 Å². The lowest BCUT2D eigenvalue weighted by atomic mass is 9.89. The third kappa shape index (κ3) is 8.89. The van der Waals surface area contributed by atoms with Gasteiger partial charge in [0.05, 0.1) is 22.7 Å². The molecule has 2 rings (SSSR count). The summed E-state index contributed by atoms with van der Waals surface area (Å²) < 4.78 is 31.6. The SMILES string of the molecule is CCCC.CCCCC(C)(C=O)CS(=O)(=O)c1ccc([N+](=O)[O-])cc1Cc1ccc(OC)cc1. The molecule has 0 aromatic heterocycles. The zero-order valence-corrected chi connectivity index (χ0v) is 21.7. The summed E-state index contributed by atoms with van der Waals surface area (Å²) in [6, 6.07) is 10.8. The molecule has 8 heteroatoms. The number of benzene rings is 2. The minimum atomic E-state index is -3.85. The van der Waals surface area contributed by atoms with Crippen molar-refractivity contribution in [1.29, 1.82) is 0 Å². The smallest absolute Gasteiger partial charge is 0.269 e. The monoisotopic (exact) mass is 491 g/mol. The second-order valence-electron chi connectivity index (χ2n) is 8.71. The van der Waals surface area contributed by atoms with Crippen LogP contribution in [0.5, 0.6) is 5.75 Å². The fourth-order valence-electron chi connectivity index (χ4n) is 3.34. The van der Waals surface area contributed by atoms with Crippen molar-refractivity contribution in [2.75, 3.05) is 12.9 Å². The van der Waals surface area contributed by atoms with Crippen LogP contribution in [0.2, 0.25) is 0 Å². The van der Waals surface area contributed by atoms with Crippen LogP contribution in [0.3, 0.4) is 0 Å². The van der Waals surface area contributed by atoms with Crippen molar-refractivity contribution in [3.8, 4) is 5.75 Å². The maximum Gasteiger partial charge on any atom is 0.269 e. The van der Waals surface area contributed by atoms with Crippen molar-refractivity contribution in [2.24, 2.45) is 5.41 Å². The van der Waals surface area contributed by atoms with Crippen molar-refractivity contribution in [3.63, 3.8) is 0 Å². The molecule has 1 unspecified atom stereocenters. The predicted molar refractivity (Wildman–Crippen MR) is 135 cm³/mol. The maximum atomic E-state index is 13.2. The zero-order valence-electron chi connectivity index (χ0n) is 20.9. The van der Waals surface area contributed by atoms with Gasteiger partial charge in [-0.2, -0.15) is 0 Å². The van der Waals surface area contributed by atoms with E-state index in [9.17, 15) is 23.3 Å². The Morgan fingerprint density at radius 3 is 2.12 bits per heavy atom. The number of nitro benzene ring substituents is 1. The molecular weight excluding hydrogens is 454 g/mol. The van der Waals surface area contributed by atoms with Gasteiger partial charge in [0, 0.05) is 17.5 Å². The zero-order chi connectivity index (χ0) is 25.8. The molecule has 2 aromatic rings. The lowest BCUT2D eigenvalue weighted by molar-refractivity contribution is -0.385. The molecule has 0 aliphatic carbocycles. The van der Waals surface area contributed by atoms with Gasteiger partial charge in [0.25, 0.3) is 5.69 Å². The van der Waals surface area contributed by atoms with Gasteiger partial charge in [0.15, 0.2) is 9.84 Å². The number of nitro groups is 1. The van der Waals surface area contributed by atoms with E-state index in [0.717, 1.165) is 18.4 Å². The highest BCUT2D eigenvalue weighted by Gasteiger charge is 2.33. The van der Waals surface area contributed by atoms with E-state index in [1.54, 1.807) is 38.3 Å². The molecule has 1 atom stereocenters. The molecule has 188 valence electrons. The Morgan fingerprint density at radius 1 is 1.03 bits per heavy atom. The average Bonchev–Trinajstić information content (AvgIpc) is 2.83. The van der Waals surface area contributed by atoms with Crippen LogP contribution in [-0.4, -0.2) is 32.5 Å². The lowest BCUT2D eigenvalue weighted by Gasteiger charge is -2.23. The number of rotatable bonds is 12. The number of nitrogens with zero attached hydrogens (tertiary/aromatic N) is 1. The number of methoxy groups -OCH3 is 1. The standard InChI is InChI=1S/C22H27NO6S.C4H10/c1-4-5-12-22(2,15-24)16-30(27,28)21-11-8-19(23(25)26)14-18(21)13-17-6-9-20(29-3)10-7-17;1-3-4-2/h6-11,14-15H,4-5,12-13,16H2,1-3H3;3-4H2,1-2H3. The molecule has 0 N–H and O–H groups in total. The van der Waals surface area contributed by atoms with Gasteiger partial charge >= 0.3 is 0 Å². The van der Waals surface area contributed by atoms with Crippen molar-refractivity contribution in [1.82, 2.24) is 0 Å². The number of hydrogen-bond acceptors (Lipinski definition) is 6. The molecule has 0 aliphatic rings. The van der Waals surface area contributed by atoms with Crippen LogP contribution in [0.25, 0.3) is 0 Å². The number of carbonyl (C=O) groups is 1. The summed E-state index contributed by atoms with van der Waals surface area (Å²) >= 11 is 0. The molecule has 0 fully saturated rings. The Bertz CT molecular complexity index is 1030. The first-order valence-corrected chi connectivity index (χ1v) is 13.3. The maximum absolute atomic E-state index is 13.2. The summed E-state index contributed by atoms with van der Waals surface area (Å²) in [6.45, 7) is 7.98. The van der Waals surface area contributed by atoms with E-state index in [4.69, 9.17) is 4.74 Å². The second-order valence-corrected chi connectivity index (χ2v) is 10.7. The molecule has 34 heavy (non-hydrogen) atoms. The minimum Gasteiger partial charge on any atom is -0.497 e. The Hall–Kier alpha value is -2.74. The Kier molecular flexibility index (Phi) is 11.9. The van der Waals surface area contributed by atoms with Crippen LogP contribution < -0.4 is 4.74 Å². The fourth-order valence-corrected chi connectivity index (χ4v) is 5.38. The molecule has 0 saturated heterocycles. The van der Waals surface area contributed by atoms with E-state index in [2.05, 4.69) is 13.8 Å². The van der Waals surface area contributed by atoms with Crippen molar-refractivity contribution in [2.45, 2.75) is 71.1 Å². The van der Waals surface area contributed by atoms with E-state index < -0.39 is 20.2 Å². The van der Waals surface area contributed by atoms with Crippen LogP contribution in [0.1, 0.15) is 70.9 Å². The quantitative estimate of drug-likeness (QED) is 0.200. The first-order chi connectivity index (χ1) is 16.1. The highest BCUT2D eigenvalue weighted by Crippen LogP contribution is 2.31. The lowest BCUT2D eigenvalue weighted by Crippen LogP contribution is -2.29. The molecule has 0 radical (unpaired) electrons. The Labute approximate surface area is 203 Å². The van der Waals surface area contributed by atoms with Gasteiger partial charge in [-0.05, 0) is 42.2 Å². The molecule has 0 aliphatic heterocycles. The Morgan fingerprint density at radius 2 is 1.65 bits per heavy atom. The first kappa shape index (κ1) is 29.3.